The van der Waals surface area contributed by atoms with E-state index in [1.165, 1.54) is 0 Å². The Kier molecular flexibility index (Phi) is 6.35. The first-order valence-electron chi connectivity index (χ1n) is 13.0. The number of pyridine rings is 1. The predicted octanol–water partition coefficient (Wildman–Crippen LogP) is 3.66. The molecule has 4 aromatic heterocycles. The predicted molar refractivity (Wildman–Crippen MR) is 151 cm³/mol. The number of anilines is 2. The first kappa shape index (κ1) is 24.8. The maximum absolute atomic E-state index is 13.3. The fourth-order valence-corrected chi connectivity index (χ4v) is 5.09. The van der Waals surface area contributed by atoms with Gasteiger partial charge in [0.15, 0.2) is 11.5 Å². The zero-order valence-electron chi connectivity index (χ0n) is 22.3. The van der Waals surface area contributed by atoms with E-state index >= 15 is 0 Å². The Morgan fingerprint density at radius 2 is 2.05 bits per heavy atom. The third-order valence-corrected chi connectivity index (χ3v) is 7.35. The molecule has 1 saturated heterocycles. The van der Waals surface area contributed by atoms with Crippen LogP contribution in [-0.4, -0.2) is 64.7 Å². The average Bonchev–Trinajstić information content (AvgIpc) is 3.43. The molecule has 200 valence electrons. The van der Waals surface area contributed by atoms with Gasteiger partial charge in [-0.05, 0) is 51.1 Å². The number of fused-ring (bicyclic) bond motifs is 2. The highest BCUT2D eigenvalue weighted by molar-refractivity contribution is 5.83. The topological polar surface area (TPSA) is 108 Å². The van der Waals surface area contributed by atoms with Gasteiger partial charge in [-0.25, -0.2) is 14.3 Å². The number of rotatable bonds is 7. The molecule has 1 aliphatic heterocycles. The van der Waals surface area contributed by atoms with Gasteiger partial charge in [-0.2, -0.15) is 15.1 Å². The van der Waals surface area contributed by atoms with Crippen LogP contribution in [0.15, 0.2) is 66.2 Å². The minimum atomic E-state index is -0.217. The van der Waals surface area contributed by atoms with E-state index in [0.717, 1.165) is 36.0 Å². The van der Waals surface area contributed by atoms with Crippen LogP contribution >= 0.6 is 0 Å². The normalized spacial score (nSPS) is 18.0. The molecule has 5 aromatic rings. The summed E-state index contributed by atoms with van der Waals surface area (Å²) in [4.78, 5) is 29.6. The van der Waals surface area contributed by atoms with Crippen LogP contribution in [0.3, 0.4) is 0 Å². The van der Waals surface area contributed by atoms with Crippen molar-refractivity contribution in [2.24, 2.45) is 7.05 Å². The van der Waals surface area contributed by atoms with Crippen molar-refractivity contribution in [1.29, 1.82) is 0 Å². The first-order valence-corrected chi connectivity index (χ1v) is 13.0. The molecular weight excluding hydrogens is 494 g/mol. The zero-order chi connectivity index (χ0) is 27.1. The van der Waals surface area contributed by atoms with Crippen LogP contribution in [0, 0.1) is 0 Å². The number of nitrogens with one attached hydrogen (secondary N) is 1. The third kappa shape index (κ3) is 4.65. The fourth-order valence-electron chi connectivity index (χ4n) is 5.09. The smallest absolute Gasteiger partial charge is 0.278 e. The fraction of sp³-hybridized carbons (Fsp3) is 0.321. The number of aryl methyl sites for hydroxylation is 1. The lowest BCUT2D eigenvalue weighted by Gasteiger charge is -2.34. The minimum Gasteiger partial charge on any atom is -0.474 e. The molecule has 0 bridgehead atoms. The lowest BCUT2D eigenvalue weighted by atomic mass is 10.0. The molecule has 0 unspecified atom stereocenters. The van der Waals surface area contributed by atoms with Crippen molar-refractivity contribution in [1.82, 2.24) is 39.0 Å². The summed E-state index contributed by atoms with van der Waals surface area (Å²) in [5, 5.41) is 8.95. The highest BCUT2D eigenvalue weighted by Crippen LogP contribution is 2.24. The van der Waals surface area contributed by atoms with E-state index in [0.29, 0.717) is 34.7 Å². The SMILES string of the molecule is C=CCn1c(=O)c2cnc(Nc3ccc4c(cnn4C)c3)nc2n1-c1cccc(O[C@H]2CCN(C)[C@H](C)C2)n1. The van der Waals surface area contributed by atoms with Crippen LogP contribution in [0.25, 0.3) is 27.8 Å². The van der Waals surface area contributed by atoms with Crippen molar-refractivity contribution in [2.75, 3.05) is 18.9 Å². The number of ether oxygens (including phenoxy) is 1. The number of piperidine rings is 1. The molecule has 39 heavy (non-hydrogen) atoms. The van der Waals surface area contributed by atoms with Crippen LogP contribution in [0.1, 0.15) is 19.8 Å². The number of allylic oxidation sites excluding steroid dienone is 1. The van der Waals surface area contributed by atoms with Crippen LogP contribution in [0.2, 0.25) is 0 Å². The van der Waals surface area contributed by atoms with Gasteiger partial charge in [0.2, 0.25) is 11.8 Å². The van der Waals surface area contributed by atoms with E-state index in [4.69, 9.17) is 14.7 Å². The summed E-state index contributed by atoms with van der Waals surface area (Å²) >= 11 is 0. The Hall–Kier alpha value is -4.51. The summed E-state index contributed by atoms with van der Waals surface area (Å²) in [6.45, 7) is 7.31. The summed E-state index contributed by atoms with van der Waals surface area (Å²) in [7, 11) is 4.04. The highest BCUT2D eigenvalue weighted by Gasteiger charge is 2.25. The molecular formula is C28H31N9O2. The molecule has 2 atom stereocenters. The van der Waals surface area contributed by atoms with Gasteiger partial charge < -0.3 is 15.0 Å². The van der Waals surface area contributed by atoms with Crippen LogP contribution in [0.5, 0.6) is 5.88 Å². The van der Waals surface area contributed by atoms with E-state index < -0.39 is 0 Å². The van der Waals surface area contributed by atoms with Gasteiger partial charge in [0.05, 0.1) is 18.3 Å². The van der Waals surface area contributed by atoms with Crippen molar-refractivity contribution in [3.05, 3.63) is 71.8 Å². The molecule has 1 N–H and O–H groups in total. The highest BCUT2D eigenvalue weighted by atomic mass is 16.5. The quantitative estimate of drug-likeness (QED) is 0.321. The summed E-state index contributed by atoms with van der Waals surface area (Å²) in [6, 6.07) is 11.9. The maximum atomic E-state index is 13.3. The van der Waals surface area contributed by atoms with Crippen molar-refractivity contribution in [3.8, 4) is 11.7 Å². The molecule has 6 rings (SSSR count). The molecule has 1 aliphatic rings. The Morgan fingerprint density at radius 1 is 1.18 bits per heavy atom. The van der Waals surface area contributed by atoms with E-state index in [9.17, 15) is 4.79 Å². The molecule has 0 saturated carbocycles. The van der Waals surface area contributed by atoms with Crippen LogP contribution < -0.4 is 15.6 Å². The van der Waals surface area contributed by atoms with Crippen molar-refractivity contribution in [2.45, 2.75) is 38.5 Å². The number of likely N-dealkylation sites (tertiary alicyclic amines) is 1. The largest absolute Gasteiger partial charge is 0.474 e. The van der Waals surface area contributed by atoms with E-state index in [-0.39, 0.29) is 18.2 Å². The number of nitrogens with zero attached hydrogens (tertiary/aromatic N) is 8. The van der Waals surface area contributed by atoms with Crippen molar-refractivity contribution < 1.29 is 4.74 Å². The molecule has 0 aliphatic carbocycles. The Balaban J connectivity index is 1.37. The Bertz CT molecular complexity index is 1730. The van der Waals surface area contributed by atoms with Crippen molar-refractivity contribution >= 4 is 33.6 Å². The van der Waals surface area contributed by atoms with E-state index in [1.807, 2.05) is 54.3 Å². The lowest BCUT2D eigenvalue weighted by molar-refractivity contribution is 0.0759. The molecule has 0 amide bonds. The van der Waals surface area contributed by atoms with Gasteiger partial charge in [0, 0.05) is 43.0 Å². The number of benzene rings is 1. The maximum Gasteiger partial charge on any atom is 0.278 e. The molecule has 0 radical (unpaired) electrons. The monoisotopic (exact) mass is 525 g/mol. The molecule has 1 fully saturated rings. The number of hydrogen-bond donors (Lipinski definition) is 1. The summed E-state index contributed by atoms with van der Waals surface area (Å²) in [5.74, 6) is 1.41. The second-order valence-electron chi connectivity index (χ2n) is 10.0. The number of hydrogen-bond acceptors (Lipinski definition) is 8. The zero-order valence-corrected chi connectivity index (χ0v) is 22.3. The third-order valence-electron chi connectivity index (χ3n) is 7.35. The molecule has 11 nitrogen and oxygen atoms in total. The number of aromatic nitrogens is 7. The van der Waals surface area contributed by atoms with Gasteiger partial charge in [-0.15, -0.1) is 6.58 Å². The summed E-state index contributed by atoms with van der Waals surface area (Å²) < 4.78 is 11.4. The van der Waals surface area contributed by atoms with Gasteiger partial charge >= 0.3 is 0 Å². The van der Waals surface area contributed by atoms with E-state index in [1.54, 1.807) is 21.6 Å². The first-order chi connectivity index (χ1) is 18.9. The Morgan fingerprint density at radius 3 is 2.87 bits per heavy atom. The molecule has 0 spiro atoms. The second-order valence-corrected chi connectivity index (χ2v) is 10.0. The van der Waals surface area contributed by atoms with Crippen LogP contribution in [-0.2, 0) is 13.6 Å². The Labute approximate surface area is 225 Å². The molecule has 5 heterocycles. The van der Waals surface area contributed by atoms with E-state index in [2.05, 4.69) is 40.8 Å². The molecule has 1 aromatic carbocycles. The van der Waals surface area contributed by atoms with Gasteiger partial charge in [0.1, 0.15) is 11.5 Å². The second kappa shape index (κ2) is 9.99. The minimum absolute atomic E-state index is 0.0889. The standard InChI is InChI=1S/C28H31N9O2/c1-5-12-36-27(38)22-17-29-28(31-20-9-10-23-19(15-20)16-30-35(23)4)33-26(22)37(36)24-7-6-8-25(32-24)39-21-11-13-34(3)18(2)14-21/h5-10,15-18,21H,1,11-14H2,2-4H3,(H,29,31,33)/t18-,21+/m1/s1. The molecule has 11 heteroatoms. The van der Waals surface area contributed by atoms with Gasteiger partial charge in [0.25, 0.3) is 5.56 Å². The summed E-state index contributed by atoms with van der Waals surface area (Å²) in [6.07, 6.45) is 6.99. The summed E-state index contributed by atoms with van der Waals surface area (Å²) in [5.41, 5.74) is 2.06. The van der Waals surface area contributed by atoms with Crippen LogP contribution in [0.4, 0.5) is 11.6 Å². The average molecular weight is 526 g/mol. The van der Waals surface area contributed by atoms with Crippen molar-refractivity contribution in [3.63, 3.8) is 0 Å². The lowest BCUT2D eigenvalue weighted by Crippen LogP contribution is -2.42. The van der Waals surface area contributed by atoms with Gasteiger partial charge in [-0.3, -0.25) is 9.48 Å². The van der Waals surface area contributed by atoms with Gasteiger partial charge in [-0.1, -0.05) is 12.1 Å².